The number of carboxylic acid groups (broad SMARTS) is 2. The molecule has 10 N–H and O–H groups in total. The van der Waals surface area contributed by atoms with Gasteiger partial charge in [-0.1, -0.05) is 30.7 Å². The van der Waals surface area contributed by atoms with E-state index >= 15 is 0 Å². The van der Waals surface area contributed by atoms with Gasteiger partial charge in [0.05, 0.1) is 24.3 Å². The summed E-state index contributed by atoms with van der Waals surface area (Å²) < 4.78 is 0. The van der Waals surface area contributed by atoms with E-state index in [1.165, 1.54) is 0 Å². The third-order valence-electron chi connectivity index (χ3n) is 8.34. The smallest absolute Gasteiger partial charge is 0.326 e. The number of amidine groups is 1. The molecule has 0 radical (unpaired) electrons. The standard InChI is InChI=1S/C34H45N7O9/c35-23(10-5-17-38-18-15-27(36)37)31(46)40-24(26(42)12-2-1-11-25(34(49)50)39-28(43)13-14-29(44)45)16-19-41-32(47)21-8-3-6-20-7-4-9-22(30(20)21)33(41)48/h3-4,6-9,23-25,38H,1-2,5,10-19,35H2,(H3,36,37)(H,39,43)(H,40,46)(H,44,45)(H,49,50)/t23-,24+,25+/m0/s1. The minimum absolute atomic E-state index is 0.0223. The van der Waals surface area contributed by atoms with Crippen molar-refractivity contribution in [2.45, 2.75) is 82.3 Å². The van der Waals surface area contributed by atoms with Crippen LogP contribution in [0.2, 0.25) is 0 Å². The molecule has 2 aromatic carbocycles. The van der Waals surface area contributed by atoms with E-state index < -0.39 is 65.9 Å². The molecule has 3 rings (SSSR count). The second kappa shape index (κ2) is 19.1. The number of rotatable bonds is 23. The van der Waals surface area contributed by atoms with Crippen LogP contribution in [0, 0.1) is 5.41 Å². The molecule has 0 bridgehead atoms. The predicted octanol–water partition coefficient (Wildman–Crippen LogP) is 0.898. The van der Waals surface area contributed by atoms with Crippen LogP contribution < -0.4 is 27.4 Å². The number of benzene rings is 2. The molecule has 0 fully saturated rings. The maximum atomic E-state index is 13.5. The van der Waals surface area contributed by atoms with Gasteiger partial charge in [0.15, 0.2) is 5.78 Å². The first-order chi connectivity index (χ1) is 23.8. The van der Waals surface area contributed by atoms with Crippen LogP contribution >= 0.6 is 0 Å². The second-order valence-electron chi connectivity index (χ2n) is 12.2. The summed E-state index contributed by atoms with van der Waals surface area (Å²) in [5, 5.41) is 34.9. The number of nitrogens with zero attached hydrogens (tertiary/aromatic N) is 1. The first-order valence-electron chi connectivity index (χ1n) is 16.5. The maximum absolute atomic E-state index is 13.5. The first-order valence-corrected chi connectivity index (χ1v) is 16.5. The number of hydrogen-bond acceptors (Lipinski definition) is 10. The van der Waals surface area contributed by atoms with E-state index in [1.54, 1.807) is 36.4 Å². The van der Waals surface area contributed by atoms with Crippen molar-refractivity contribution in [3.05, 3.63) is 47.5 Å². The Morgan fingerprint density at radius 3 is 2.04 bits per heavy atom. The summed E-state index contributed by atoms with van der Waals surface area (Å²) in [4.78, 5) is 88.7. The Morgan fingerprint density at radius 2 is 1.44 bits per heavy atom. The lowest BCUT2D eigenvalue weighted by atomic mass is 9.93. The average molecular weight is 696 g/mol. The van der Waals surface area contributed by atoms with Gasteiger partial charge in [0.1, 0.15) is 6.04 Å². The summed E-state index contributed by atoms with van der Waals surface area (Å²) in [6.45, 7) is 0.865. The lowest BCUT2D eigenvalue weighted by Crippen LogP contribution is -2.50. The third kappa shape index (κ3) is 11.4. The van der Waals surface area contributed by atoms with Gasteiger partial charge in [0.25, 0.3) is 11.8 Å². The van der Waals surface area contributed by atoms with Crippen molar-refractivity contribution in [3.63, 3.8) is 0 Å². The monoisotopic (exact) mass is 695 g/mol. The molecule has 1 aliphatic heterocycles. The summed E-state index contributed by atoms with van der Waals surface area (Å²) in [6, 6.07) is 6.97. The molecule has 270 valence electrons. The van der Waals surface area contributed by atoms with Gasteiger partial charge in [-0.2, -0.15) is 0 Å². The van der Waals surface area contributed by atoms with Crippen molar-refractivity contribution in [2.24, 2.45) is 11.5 Å². The van der Waals surface area contributed by atoms with Crippen molar-refractivity contribution < 1.29 is 43.8 Å². The summed E-state index contributed by atoms with van der Waals surface area (Å²) in [5.41, 5.74) is 12.2. The van der Waals surface area contributed by atoms with Gasteiger partial charge >= 0.3 is 11.9 Å². The van der Waals surface area contributed by atoms with Crippen LogP contribution in [0.25, 0.3) is 10.8 Å². The lowest BCUT2D eigenvalue weighted by Gasteiger charge is -2.29. The van der Waals surface area contributed by atoms with E-state index in [1.807, 2.05) is 0 Å². The van der Waals surface area contributed by atoms with Crippen molar-refractivity contribution in [1.29, 1.82) is 5.41 Å². The number of nitrogens with two attached hydrogens (primary N) is 2. The van der Waals surface area contributed by atoms with Gasteiger partial charge in [0, 0.05) is 48.9 Å². The summed E-state index contributed by atoms with van der Waals surface area (Å²) in [5.74, 6) is -5.19. The molecule has 4 amide bonds. The number of hydrogen-bond donors (Lipinski definition) is 8. The Morgan fingerprint density at radius 1 is 0.780 bits per heavy atom. The second-order valence-corrected chi connectivity index (χ2v) is 12.2. The fourth-order valence-corrected chi connectivity index (χ4v) is 5.63. The van der Waals surface area contributed by atoms with Crippen molar-refractivity contribution in [2.75, 3.05) is 19.6 Å². The minimum atomic E-state index is -1.30. The number of amides is 4. The number of carbonyl (C=O) groups excluding carboxylic acids is 5. The largest absolute Gasteiger partial charge is 0.481 e. The molecule has 50 heavy (non-hydrogen) atoms. The number of unbranched alkanes of at least 4 members (excludes halogenated alkanes) is 1. The van der Waals surface area contributed by atoms with E-state index in [0.717, 1.165) is 10.3 Å². The summed E-state index contributed by atoms with van der Waals surface area (Å²) in [6.07, 6.45) is 0.614. The van der Waals surface area contributed by atoms with Gasteiger partial charge in [-0.25, -0.2) is 4.79 Å². The highest BCUT2D eigenvalue weighted by molar-refractivity contribution is 6.25. The number of aliphatic carboxylic acids is 2. The van der Waals surface area contributed by atoms with Gasteiger partial charge in [0.2, 0.25) is 11.8 Å². The van der Waals surface area contributed by atoms with Crippen LogP contribution in [0.3, 0.4) is 0 Å². The average Bonchev–Trinajstić information content (AvgIpc) is 3.07. The zero-order valence-corrected chi connectivity index (χ0v) is 27.7. The normalized spacial score (nSPS) is 14.1. The van der Waals surface area contributed by atoms with Gasteiger partial charge in [-0.3, -0.25) is 39.1 Å². The molecule has 16 nitrogen and oxygen atoms in total. The molecule has 3 atom stereocenters. The van der Waals surface area contributed by atoms with Gasteiger partial charge in [-0.15, -0.1) is 0 Å². The SMILES string of the molecule is N=C(N)CCNCCC[C@H](N)C(=O)N[C@H](CCN1C(=O)c2cccc3cccc(c23)C1=O)C(=O)CCCC[C@@H](NC(=O)CCC(=O)O)C(=O)O. The van der Waals surface area contributed by atoms with Crippen LogP contribution in [0.1, 0.15) is 84.9 Å². The molecule has 0 aliphatic carbocycles. The van der Waals surface area contributed by atoms with Crippen LogP contribution in [-0.2, 0) is 24.0 Å². The molecule has 0 saturated heterocycles. The van der Waals surface area contributed by atoms with Crippen LogP contribution in [-0.4, -0.2) is 100 Å². The highest BCUT2D eigenvalue weighted by Crippen LogP contribution is 2.30. The fourth-order valence-electron chi connectivity index (χ4n) is 5.63. The number of imide groups is 1. The molecule has 1 heterocycles. The van der Waals surface area contributed by atoms with E-state index in [9.17, 15) is 38.7 Å². The lowest BCUT2D eigenvalue weighted by molar-refractivity contribution is -0.142. The van der Waals surface area contributed by atoms with Crippen molar-refractivity contribution in [1.82, 2.24) is 20.9 Å². The van der Waals surface area contributed by atoms with E-state index in [0.29, 0.717) is 48.9 Å². The van der Waals surface area contributed by atoms with Crippen molar-refractivity contribution in [3.8, 4) is 0 Å². The van der Waals surface area contributed by atoms with Crippen LogP contribution in [0.4, 0.5) is 0 Å². The molecular weight excluding hydrogens is 650 g/mol. The Hall–Kier alpha value is -5.22. The van der Waals surface area contributed by atoms with E-state index in [2.05, 4.69) is 16.0 Å². The molecule has 2 aromatic rings. The third-order valence-corrected chi connectivity index (χ3v) is 8.34. The summed E-state index contributed by atoms with van der Waals surface area (Å²) >= 11 is 0. The van der Waals surface area contributed by atoms with E-state index in [4.69, 9.17) is 22.0 Å². The fraction of sp³-hybridized carbons (Fsp3) is 0.471. The zero-order chi connectivity index (χ0) is 36.8. The summed E-state index contributed by atoms with van der Waals surface area (Å²) in [7, 11) is 0. The Kier molecular flexibility index (Phi) is 15.0. The molecule has 0 saturated carbocycles. The Labute approximate surface area is 288 Å². The van der Waals surface area contributed by atoms with Gasteiger partial charge < -0.3 is 37.6 Å². The topological polar surface area (TPSA) is 275 Å². The molecule has 0 spiro atoms. The molecule has 16 heteroatoms. The minimum Gasteiger partial charge on any atom is -0.481 e. The van der Waals surface area contributed by atoms with E-state index in [-0.39, 0.29) is 50.9 Å². The Bertz CT molecular complexity index is 1560. The number of nitrogens with one attached hydrogen (secondary N) is 4. The number of carboxylic acids is 2. The highest BCUT2D eigenvalue weighted by atomic mass is 16.4. The van der Waals surface area contributed by atoms with Crippen LogP contribution in [0.15, 0.2) is 36.4 Å². The predicted molar refractivity (Wildman–Crippen MR) is 182 cm³/mol. The number of carbonyl (C=O) groups is 7. The zero-order valence-electron chi connectivity index (χ0n) is 27.7. The van der Waals surface area contributed by atoms with Crippen LogP contribution in [0.5, 0.6) is 0 Å². The first kappa shape index (κ1) is 39.2. The Balaban J connectivity index is 1.64. The molecular formula is C34H45N7O9. The molecule has 1 aliphatic rings. The van der Waals surface area contributed by atoms with Crippen molar-refractivity contribution >= 4 is 58.0 Å². The maximum Gasteiger partial charge on any atom is 0.326 e. The van der Waals surface area contributed by atoms with Gasteiger partial charge in [-0.05, 0) is 56.2 Å². The molecule has 0 aromatic heterocycles. The number of Topliss-reactive ketones (excluding diaryl/α,β-unsaturated/α-hetero) is 1. The highest BCUT2D eigenvalue weighted by Gasteiger charge is 2.34. The molecule has 0 unspecified atom stereocenters. The number of ketones is 1. The quantitative estimate of drug-likeness (QED) is 0.0349.